The Kier molecular flexibility index (Phi) is 4.71. The average molecular weight is 264 g/mol. The van der Waals surface area contributed by atoms with Gasteiger partial charge in [-0.25, -0.2) is 9.97 Å². The largest absolute Gasteiger partial charge is 0.395 e. The van der Waals surface area contributed by atoms with Crippen LogP contribution in [0.4, 0.5) is 5.82 Å². The van der Waals surface area contributed by atoms with Crippen molar-refractivity contribution in [3.63, 3.8) is 0 Å². The van der Waals surface area contributed by atoms with E-state index in [-0.39, 0.29) is 6.61 Å². The first kappa shape index (κ1) is 14.2. The first-order valence-corrected chi connectivity index (χ1v) is 6.98. The minimum absolute atomic E-state index is 0.237. The molecule has 0 amide bonds. The highest BCUT2D eigenvalue weighted by Crippen LogP contribution is 2.20. The van der Waals surface area contributed by atoms with Crippen LogP contribution in [0.15, 0.2) is 6.07 Å². The fourth-order valence-electron chi connectivity index (χ4n) is 2.74. The zero-order valence-corrected chi connectivity index (χ0v) is 12.1. The van der Waals surface area contributed by atoms with Gasteiger partial charge in [-0.3, -0.25) is 0 Å². The standard InChI is InChI=1S/C14H24N4O/c1-11-10-14(16-12(2)15-11)18-6-4-13(5-7-18)17(3)8-9-19/h10,13,19H,4-9H2,1-3H3. The van der Waals surface area contributed by atoms with E-state index in [0.29, 0.717) is 6.04 Å². The van der Waals surface area contributed by atoms with Crippen LogP contribution >= 0.6 is 0 Å². The molecule has 0 aliphatic carbocycles. The van der Waals surface area contributed by atoms with Crippen LogP contribution < -0.4 is 4.90 Å². The minimum Gasteiger partial charge on any atom is -0.395 e. The molecule has 0 radical (unpaired) electrons. The van der Waals surface area contributed by atoms with Gasteiger partial charge in [0.25, 0.3) is 0 Å². The molecule has 1 N–H and O–H groups in total. The maximum atomic E-state index is 8.99. The number of likely N-dealkylation sites (N-methyl/N-ethyl adjacent to an activating group) is 1. The second kappa shape index (κ2) is 6.30. The van der Waals surface area contributed by atoms with Crippen LogP contribution in [0.5, 0.6) is 0 Å². The molecule has 1 aromatic heterocycles. The molecule has 1 saturated heterocycles. The van der Waals surface area contributed by atoms with Crippen LogP contribution in [0.1, 0.15) is 24.4 Å². The minimum atomic E-state index is 0.237. The number of aliphatic hydroxyl groups is 1. The lowest BCUT2D eigenvalue weighted by molar-refractivity contribution is 0.161. The highest BCUT2D eigenvalue weighted by Gasteiger charge is 2.23. The van der Waals surface area contributed by atoms with E-state index in [4.69, 9.17) is 5.11 Å². The Bertz CT molecular complexity index is 396. The van der Waals surface area contributed by atoms with E-state index >= 15 is 0 Å². The molecular weight excluding hydrogens is 240 g/mol. The van der Waals surface area contributed by atoms with Crippen LogP contribution in [0, 0.1) is 13.8 Å². The number of rotatable bonds is 4. The van der Waals surface area contributed by atoms with Crippen molar-refractivity contribution in [1.82, 2.24) is 14.9 Å². The highest BCUT2D eigenvalue weighted by atomic mass is 16.3. The van der Waals surface area contributed by atoms with Crippen LogP contribution in [0.2, 0.25) is 0 Å². The summed E-state index contributed by atoms with van der Waals surface area (Å²) in [5.41, 5.74) is 1.03. The van der Waals surface area contributed by atoms with Gasteiger partial charge in [0.1, 0.15) is 11.6 Å². The van der Waals surface area contributed by atoms with Gasteiger partial charge in [0.2, 0.25) is 0 Å². The summed E-state index contributed by atoms with van der Waals surface area (Å²) in [6, 6.07) is 2.64. The molecule has 2 heterocycles. The van der Waals surface area contributed by atoms with Gasteiger partial charge in [0, 0.05) is 37.4 Å². The van der Waals surface area contributed by atoms with Gasteiger partial charge in [0.15, 0.2) is 0 Å². The number of hydrogen-bond acceptors (Lipinski definition) is 5. The fraction of sp³-hybridized carbons (Fsp3) is 0.714. The van der Waals surface area contributed by atoms with Crippen molar-refractivity contribution in [3.05, 3.63) is 17.6 Å². The van der Waals surface area contributed by atoms with Gasteiger partial charge < -0.3 is 14.9 Å². The van der Waals surface area contributed by atoms with E-state index < -0.39 is 0 Å². The molecule has 106 valence electrons. The second-order valence-corrected chi connectivity index (χ2v) is 5.34. The van der Waals surface area contributed by atoms with Crippen molar-refractivity contribution in [2.24, 2.45) is 0 Å². The molecule has 19 heavy (non-hydrogen) atoms. The van der Waals surface area contributed by atoms with Crippen LogP contribution in [0.25, 0.3) is 0 Å². The zero-order valence-electron chi connectivity index (χ0n) is 12.1. The Morgan fingerprint density at radius 3 is 2.58 bits per heavy atom. The SMILES string of the molecule is Cc1cc(N2CCC(N(C)CCO)CC2)nc(C)n1. The van der Waals surface area contributed by atoms with Crippen molar-refractivity contribution in [2.45, 2.75) is 32.7 Å². The quantitative estimate of drug-likeness (QED) is 0.879. The molecule has 0 spiro atoms. The van der Waals surface area contributed by atoms with E-state index in [1.165, 1.54) is 0 Å². The molecule has 0 bridgehead atoms. The third kappa shape index (κ3) is 3.64. The zero-order chi connectivity index (χ0) is 13.8. The maximum absolute atomic E-state index is 8.99. The third-order valence-corrected chi connectivity index (χ3v) is 3.82. The lowest BCUT2D eigenvalue weighted by Crippen LogP contribution is -2.44. The third-order valence-electron chi connectivity index (χ3n) is 3.82. The summed E-state index contributed by atoms with van der Waals surface area (Å²) in [4.78, 5) is 13.4. The summed E-state index contributed by atoms with van der Waals surface area (Å²) >= 11 is 0. The highest BCUT2D eigenvalue weighted by molar-refractivity contribution is 5.40. The summed E-state index contributed by atoms with van der Waals surface area (Å²) in [6.45, 7) is 7.00. The smallest absolute Gasteiger partial charge is 0.132 e. The van der Waals surface area contributed by atoms with E-state index in [1.54, 1.807) is 0 Å². The van der Waals surface area contributed by atoms with Crippen LogP contribution in [-0.4, -0.2) is 59.3 Å². The van der Waals surface area contributed by atoms with Gasteiger partial charge >= 0.3 is 0 Å². The molecular formula is C14H24N4O. The number of aryl methyl sites for hydroxylation is 2. The van der Waals surface area contributed by atoms with Crippen molar-refractivity contribution in [2.75, 3.05) is 38.2 Å². The molecule has 1 aromatic rings. The van der Waals surface area contributed by atoms with E-state index in [1.807, 2.05) is 13.8 Å². The van der Waals surface area contributed by atoms with Gasteiger partial charge in [-0.1, -0.05) is 0 Å². The van der Waals surface area contributed by atoms with Gasteiger partial charge in [-0.2, -0.15) is 0 Å². The normalized spacial score (nSPS) is 17.2. The number of hydrogen-bond donors (Lipinski definition) is 1. The number of nitrogens with zero attached hydrogens (tertiary/aromatic N) is 4. The summed E-state index contributed by atoms with van der Waals surface area (Å²) in [6.07, 6.45) is 2.25. The Labute approximate surface area is 115 Å². The molecule has 1 aliphatic rings. The topological polar surface area (TPSA) is 52.5 Å². The molecule has 0 saturated carbocycles. The lowest BCUT2D eigenvalue weighted by atomic mass is 10.0. The molecule has 2 rings (SSSR count). The predicted octanol–water partition coefficient (Wildman–Crippen LogP) is 0.986. The number of piperidine rings is 1. The molecule has 0 atom stereocenters. The van der Waals surface area contributed by atoms with Crippen LogP contribution in [-0.2, 0) is 0 Å². The second-order valence-electron chi connectivity index (χ2n) is 5.34. The van der Waals surface area contributed by atoms with Crippen LogP contribution in [0.3, 0.4) is 0 Å². The van der Waals surface area contributed by atoms with Crippen molar-refractivity contribution >= 4 is 5.82 Å². The summed E-state index contributed by atoms with van der Waals surface area (Å²) < 4.78 is 0. The predicted molar refractivity (Wildman–Crippen MR) is 76.5 cm³/mol. The molecule has 1 aliphatic heterocycles. The monoisotopic (exact) mass is 264 g/mol. The number of anilines is 1. The van der Waals surface area contributed by atoms with E-state index in [2.05, 4.69) is 32.9 Å². The Balaban J connectivity index is 1.96. The summed E-state index contributed by atoms with van der Waals surface area (Å²) in [7, 11) is 2.09. The first-order chi connectivity index (χ1) is 9.10. The Morgan fingerprint density at radius 2 is 2.00 bits per heavy atom. The molecule has 5 nitrogen and oxygen atoms in total. The summed E-state index contributed by atoms with van der Waals surface area (Å²) in [5.74, 6) is 1.89. The Morgan fingerprint density at radius 1 is 1.32 bits per heavy atom. The van der Waals surface area contributed by atoms with Gasteiger partial charge in [-0.15, -0.1) is 0 Å². The summed E-state index contributed by atoms with van der Waals surface area (Å²) in [5, 5.41) is 8.99. The first-order valence-electron chi connectivity index (χ1n) is 6.98. The maximum Gasteiger partial charge on any atom is 0.132 e. The average Bonchev–Trinajstić information content (AvgIpc) is 2.38. The van der Waals surface area contributed by atoms with Crippen molar-refractivity contribution < 1.29 is 5.11 Å². The molecule has 0 aromatic carbocycles. The molecule has 0 unspecified atom stereocenters. The number of aromatic nitrogens is 2. The lowest BCUT2D eigenvalue weighted by Gasteiger charge is -2.37. The van der Waals surface area contributed by atoms with Gasteiger partial charge in [-0.05, 0) is 33.7 Å². The van der Waals surface area contributed by atoms with E-state index in [0.717, 1.165) is 49.8 Å². The molecule has 1 fully saturated rings. The fourth-order valence-corrected chi connectivity index (χ4v) is 2.74. The van der Waals surface area contributed by atoms with E-state index in [9.17, 15) is 0 Å². The Hall–Kier alpha value is -1.20. The number of aliphatic hydroxyl groups excluding tert-OH is 1. The molecule has 5 heteroatoms. The van der Waals surface area contributed by atoms with Crippen molar-refractivity contribution in [1.29, 1.82) is 0 Å². The van der Waals surface area contributed by atoms with Crippen molar-refractivity contribution in [3.8, 4) is 0 Å². The van der Waals surface area contributed by atoms with Gasteiger partial charge in [0.05, 0.1) is 6.61 Å².